The first-order valence-corrected chi connectivity index (χ1v) is 14.0. The average Bonchev–Trinajstić information content (AvgIpc) is 3.67. The number of nitrogens with zero attached hydrogens (tertiary/aromatic N) is 2. The van der Waals surface area contributed by atoms with Gasteiger partial charge in [0.15, 0.2) is 0 Å². The van der Waals surface area contributed by atoms with Crippen LogP contribution in [0.1, 0.15) is 23.2 Å². The Hall–Kier alpha value is -4.77. The second-order valence-corrected chi connectivity index (χ2v) is 9.57. The molecule has 204 valence electrons. The van der Waals surface area contributed by atoms with Crippen molar-refractivity contribution in [1.29, 1.82) is 0 Å². The lowest BCUT2D eigenvalue weighted by Gasteiger charge is -2.18. The van der Waals surface area contributed by atoms with Crippen LogP contribution in [-0.2, 0) is 0 Å². The molecule has 1 unspecified atom stereocenters. The summed E-state index contributed by atoms with van der Waals surface area (Å²) in [7, 11) is 3.00. The van der Waals surface area contributed by atoms with Gasteiger partial charge in [-0.1, -0.05) is 121 Å². The maximum atomic E-state index is 5.35. The molecular weight excluding hydrogens is 500 g/mol. The summed E-state index contributed by atoms with van der Waals surface area (Å²) in [5, 5.41) is 2.52. The van der Waals surface area contributed by atoms with Gasteiger partial charge in [0.25, 0.3) is 0 Å². The highest BCUT2D eigenvalue weighted by Crippen LogP contribution is 2.38. The van der Waals surface area contributed by atoms with Crippen LogP contribution in [0.25, 0.3) is 32.9 Å². The predicted octanol–water partition coefficient (Wildman–Crippen LogP) is 7.95. The van der Waals surface area contributed by atoms with Gasteiger partial charge in [0.1, 0.15) is 6.17 Å². The van der Waals surface area contributed by atoms with Crippen LogP contribution in [0.3, 0.4) is 0 Å². The van der Waals surface area contributed by atoms with Crippen molar-refractivity contribution in [2.24, 2.45) is 16.5 Å². The Labute approximate surface area is 242 Å². The van der Waals surface area contributed by atoms with Crippen LogP contribution >= 0.6 is 0 Å². The summed E-state index contributed by atoms with van der Waals surface area (Å²) >= 11 is 0. The number of para-hydroxylation sites is 1. The summed E-state index contributed by atoms with van der Waals surface area (Å²) in [4.78, 5) is 5.35. The average molecular weight is 537 g/mol. The van der Waals surface area contributed by atoms with Crippen LogP contribution in [0.2, 0.25) is 0 Å². The van der Waals surface area contributed by atoms with Gasteiger partial charge in [-0.3, -0.25) is 4.99 Å². The molecular formula is C37H36N4. The maximum absolute atomic E-state index is 5.35. The monoisotopic (exact) mass is 536 g/mol. The maximum Gasteiger partial charge on any atom is 0.145 e. The smallest absolute Gasteiger partial charge is 0.145 e. The summed E-state index contributed by atoms with van der Waals surface area (Å²) < 4.78 is 2.40. The minimum Gasteiger partial charge on any atom is -0.333 e. The van der Waals surface area contributed by atoms with Crippen molar-refractivity contribution < 1.29 is 0 Å². The van der Waals surface area contributed by atoms with E-state index in [1.807, 2.05) is 0 Å². The Morgan fingerprint density at radius 3 is 1.73 bits per heavy atom. The van der Waals surface area contributed by atoms with E-state index in [-0.39, 0.29) is 12.1 Å². The van der Waals surface area contributed by atoms with Crippen LogP contribution in [0, 0.1) is 0 Å². The third-order valence-corrected chi connectivity index (χ3v) is 7.36. The molecule has 1 aliphatic rings. The van der Waals surface area contributed by atoms with E-state index in [0.29, 0.717) is 0 Å². The van der Waals surface area contributed by atoms with E-state index in [0.717, 1.165) is 5.71 Å². The van der Waals surface area contributed by atoms with Gasteiger partial charge in [-0.15, -0.1) is 0 Å². The topological polar surface area (TPSA) is 69.3 Å². The first-order chi connectivity index (χ1) is 20.4. The second kappa shape index (κ2) is 13.1. The summed E-state index contributed by atoms with van der Waals surface area (Å²) in [6.07, 6.45) is 4.37. The van der Waals surface area contributed by atoms with Crippen molar-refractivity contribution in [2.75, 3.05) is 14.1 Å². The highest BCUT2D eigenvalue weighted by atomic mass is 15.1. The number of hydrogen-bond donors (Lipinski definition) is 2. The molecule has 0 saturated carbocycles. The van der Waals surface area contributed by atoms with Gasteiger partial charge in [0.05, 0.1) is 17.0 Å². The van der Waals surface area contributed by atoms with E-state index in [9.17, 15) is 0 Å². The molecule has 1 atom stereocenters. The molecule has 0 saturated heterocycles. The van der Waals surface area contributed by atoms with Crippen LogP contribution < -0.4 is 11.5 Å². The molecule has 0 fully saturated rings. The number of rotatable bonds is 5. The Morgan fingerprint density at radius 2 is 1.10 bits per heavy atom. The molecule has 4 N–H and O–H groups in total. The lowest BCUT2D eigenvalue weighted by atomic mass is 9.87. The number of allylic oxidation sites excluding steroid dienone is 1. The van der Waals surface area contributed by atoms with Crippen LogP contribution in [0.15, 0.2) is 151 Å². The Balaban J connectivity index is 0.000000810. The molecule has 2 heterocycles. The zero-order valence-electron chi connectivity index (χ0n) is 23.6. The fraction of sp³-hybridized carbons (Fsp3) is 0.108. The van der Waals surface area contributed by atoms with Gasteiger partial charge < -0.3 is 16.0 Å². The zero-order chi connectivity index (χ0) is 28.6. The summed E-state index contributed by atoms with van der Waals surface area (Å²) in [6, 6.07) is 47.5. The highest BCUT2D eigenvalue weighted by Gasteiger charge is 2.25. The van der Waals surface area contributed by atoms with Crippen molar-refractivity contribution in [1.82, 2.24) is 4.57 Å². The van der Waals surface area contributed by atoms with Gasteiger partial charge in [-0.2, -0.15) is 0 Å². The van der Waals surface area contributed by atoms with Crippen molar-refractivity contribution in [3.8, 4) is 11.1 Å². The first-order valence-electron chi connectivity index (χ1n) is 14.0. The number of benzene rings is 5. The van der Waals surface area contributed by atoms with E-state index in [4.69, 9.17) is 4.99 Å². The molecule has 0 aliphatic carbocycles. The van der Waals surface area contributed by atoms with Crippen molar-refractivity contribution in [2.45, 2.75) is 12.1 Å². The number of aliphatic imine (C=N–C) groups is 1. The first kappa shape index (κ1) is 27.8. The van der Waals surface area contributed by atoms with E-state index in [1.165, 1.54) is 58.2 Å². The third-order valence-electron chi connectivity index (χ3n) is 7.36. The van der Waals surface area contributed by atoms with Crippen LogP contribution in [0.4, 0.5) is 0 Å². The number of fused-ring (bicyclic) bond motifs is 3. The van der Waals surface area contributed by atoms with E-state index in [2.05, 4.69) is 162 Å². The van der Waals surface area contributed by atoms with E-state index >= 15 is 0 Å². The molecule has 1 aromatic heterocycles. The second-order valence-electron chi connectivity index (χ2n) is 9.57. The van der Waals surface area contributed by atoms with Crippen LogP contribution in [0.5, 0.6) is 0 Å². The fourth-order valence-electron chi connectivity index (χ4n) is 5.66. The molecule has 5 aromatic carbocycles. The lowest BCUT2D eigenvalue weighted by Crippen LogP contribution is -2.11. The van der Waals surface area contributed by atoms with Crippen molar-refractivity contribution in [3.05, 3.63) is 157 Å². The molecule has 6 aromatic rings. The predicted molar refractivity (Wildman–Crippen MR) is 175 cm³/mol. The Kier molecular flexibility index (Phi) is 8.85. The van der Waals surface area contributed by atoms with Gasteiger partial charge in [0.2, 0.25) is 0 Å². The molecule has 0 amide bonds. The number of nitrogens with two attached hydrogens (primary N) is 2. The number of hydrogen-bond acceptors (Lipinski definition) is 3. The molecule has 41 heavy (non-hydrogen) atoms. The standard InChI is InChI=1S/C35H26N2.2CH5N/c1-4-12-25(13-5-1)28-20-21-30-29-18-10-11-19-32(29)37(33(30)24-28)34-23-22-31(36-34)35(26-14-6-2-7-15-26)27-16-8-3-9-17-27;2*1-2/h1-24,34-35H;2*2H2,1H3. The summed E-state index contributed by atoms with van der Waals surface area (Å²) in [6.45, 7) is 0. The van der Waals surface area contributed by atoms with Crippen molar-refractivity contribution in [3.63, 3.8) is 0 Å². The molecule has 7 rings (SSSR count). The fourth-order valence-corrected chi connectivity index (χ4v) is 5.66. The summed E-state index contributed by atoms with van der Waals surface area (Å²) in [5.74, 6) is 0.0941. The van der Waals surface area contributed by atoms with Gasteiger partial charge in [0, 0.05) is 16.5 Å². The minimum absolute atomic E-state index is 0.0941. The van der Waals surface area contributed by atoms with Crippen LogP contribution in [-0.4, -0.2) is 24.4 Å². The molecule has 0 spiro atoms. The van der Waals surface area contributed by atoms with E-state index in [1.54, 1.807) is 0 Å². The van der Waals surface area contributed by atoms with Gasteiger partial charge in [-0.25, -0.2) is 0 Å². The molecule has 4 heteroatoms. The minimum atomic E-state index is -0.0988. The zero-order valence-corrected chi connectivity index (χ0v) is 23.6. The molecule has 1 aliphatic heterocycles. The normalized spacial score (nSPS) is 13.9. The SMILES string of the molecule is C1=CC(n2c3ccccc3c3ccc(-c4ccccc4)cc32)N=C1C(c1ccccc1)c1ccccc1.CN.CN. The molecule has 4 nitrogen and oxygen atoms in total. The number of aromatic nitrogens is 1. The van der Waals surface area contributed by atoms with Crippen molar-refractivity contribution >= 4 is 27.5 Å². The molecule has 0 radical (unpaired) electrons. The quantitative estimate of drug-likeness (QED) is 0.235. The highest BCUT2D eigenvalue weighted by molar-refractivity contribution is 6.10. The largest absolute Gasteiger partial charge is 0.333 e. The Bertz CT molecular complexity index is 1730. The molecule has 0 bridgehead atoms. The third kappa shape index (κ3) is 5.48. The Morgan fingerprint density at radius 1 is 0.561 bits per heavy atom. The summed E-state index contributed by atoms with van der Waals surface area (Å²) in [5.41, 5.74) is 17.5. The van der Waals surface area contributed by atoms with Gasteiger partial charge in [-0.05, 0) is 60.6 Å². The van der Waals surface area contributed by atoms with Gasteiger partial charge >= 0.3 is 0 Å². The lowest BCUT2D eigenvalue weighted by molar-refractivity contribution is 0.687. The van der Waals surface area contributed by atoms with E-state index < -0.39 is 0 Å².